The first-order valence-corrected chi connectivity index (χ1v) is 7.18. The number of nitrogens with zero attached hydrogens (tertiary/aromatic N) is 5. The Hall–Kier alpha value is -1.74. The summed E-state index contributed by atoms with van der Waals surface area (Å²) in [5.74, 6) is 0.438. The number of imidazole rings is 1. The Morgan fingerprint density at radius 2 is 2.11 bits per heavy atom. The number of hydrogen-bond acceptors (Lipinski definition) is 6. The van der Waals surface area contributed by atoms with Crippen molar-refractivity contribution in [2.45, 2.75) is 6.92 Å². The minimum Gasteiger partial charge on any atom is -0.318 e. The second kappa shape index (κ2) is 4.50. The van der Waals surface area contributed by atoms with Gasteiger partial charge in [0.2, 0.25) is 10.0 Å². The summed E-state index contributed by atoms with van der Waals surface area (Å²) in [4.78, 5) is 14.8. The number of nitrogens with one attached hydrogen (secondary N) is 1. The van der Waals surface area contributed by atoms with Crippen LogP contribution in [0.15, 0.2) is 12.7 Å². The van der Waals surface area contributed by atoms with Crippen LogP contribution in [0.1, 0.15) is 6.92 Å². The molecule has 2 aromatic heterocycles. The smallest absolute Gasteiger partial charge is 0.225 e. The van der Waals surface area contributed by atoms with E-state index >= 15 is 0 Å². The van der Waals surface area contributed by atoms with Crippen LogP contribution >= 0.6 is 0 Å². The van der Waals surface area contributed by atoms with Gasteiger partial charge in [-0.25, -0.2) is 23.4 Å². The fourth-order valence-corrected chi connectivity index (χ4v) is 2.20. The summed E-state index contributed by atoms with van der Waals surface area (Å²) in [5, 5.41) is 1.42. The lowest BCUT2D eigenvalue weighted by Gasteiger charge is -2.21. The first-order chi connectivity index (χ1) is 8.42. The van der Waals surface area contributed by atoms with Crippen LogP contribution in [0.4, 0.5) is 5.82 Å². The van der Waals surface area contributed by atoms with Gasteiger partial charge in [0, 0.05) is 13.6 Å². The van der Waals surface area contributed by atoms with Gasteiger partial charge in [0.05, 0.1) is 12.6 Å². The van der Waals surface area contributed by atoms with Crippen LogP contribution in [0.25, 0.3) is 11.2 Å². The lowest BCUT2D eigenvalue weighted by Crippen LogP contribution is -2.42. The number of hydrazine groups is 1. The Morgan fingerprint density at radius 1 is 1.39 bits per heavy atom. The molecule has 0 bridgehead atoms. The summed E-state index contributed by atoms with van der Waals surface area (Å²) in [6.07, 6.45) is 4.08. The first kappa shape index (κ1) is 12.7. The highest BCUT2D eigenvalue weighted by Crippen LogP contribution is 2.19. The highest BCUT2D eigenvalue weighted by molar-refractivity contribution is 7.88. The highest BCUT2D eigenvalue weighted by Gasteiger charge is 2.16. The van der Waals surface area contributed by atoms with Gasteiger partial charge in [-0.2, -0.15) is 0 Å². The molecule has 0 aliphatic carbocycles. The SMILES string of the molecule is CCN(NS(C)(=O)=O)c1ncnc2c1ncn2C. The molecule has 0 aliphatic heterocycles. The van der Waals surface area contributed by atoms with Crippen molar-refractivity contribution in [3.05, 3.63) is 12.7 Å². The molecule has 2 rings (SSSR count). The summed E-state index contributed by atoms with van der Waals surface area (Å²) in [7, 11) is -1.55. The van der Waals surface area contributed by atoms with Crippen LogP contribution in [-0.2, 0) is 17.1 Å². The maximum absolute atomic E-state index is 11.3. The molecule has 0 unspecified atom stereocenters. The van der Waals surface area contributed by atoms with Gasteiger partial charge in [-0.05, 0) is 6.92 Å². The van der Waals surface area contributed by atoms with Crippen molar-refractivity contribution in [2.24, 2.45) is 7.05 Å². The van der Waals surface area contributed by atoms with Crippen LogP contribution < -0.4 is 9.84 Å². The maximum Gasteiger partial charge on any atom is 0.225 e. The standard InChI is InChI=1S/C9H14N6O2S/c1-4-15(13-18(3,16)17)9-7-8(10-5-11-9)14(2)6-12-7/h5-6,13H,4H2,1-3H3. The number of sulfonamides is 1. The van der Waals surface area contributed by atoms with Crippen LogP contribution in [0.5, 0.6) is 0 Å². The second-order valence-corrected chi connectivity index (χ2v) is 5.56. The molecule has 8 nitrogen and oxygen atoms in total. The molecule has 0 spiro atoms. The van der Waals surface area contributed by atoms with E-state index in [1.807, 2.05) is 14.0 Å². The minimum absolute atomic E-state index is 0.426. The van der Waals surface area contributed by atoms with Gasteiger partial charge in [-0.1, -0.05) is 0 Å². The van der Waals surface area contributed by atoms with Gasteiger partial charge in [0.25, 0.3) is 0 Å². The fourth-order valence-electron chi connectivity index (χ4n) is 1.59. The molecule has 0 aromatic carbocycles. The number of aromatic nitrogens is 4. The number of aryl methyl sites for hydroxylation is 1. The van der Waals surface area contributed by atoms with Gasteiger partial charge in [-0.3, -0.25) is 5.01 Å². The summed E-state index contributed by atoms with van der Waals surface area (Å²) in [6, 6.07) is 0. The third-order valence-electron chi connectivity index (χ3n) is 2.33. The maximum atomic E-state index is 11.3. The number of rotatable bonds is 4. The molecule has 0 saturated carbocycles. The van der Waals surface area contributed by atoms with Gasteiger partial charge < -0.3 is 4.57 Å². The zero-order chi connectivity index (χ0) is 13.3. The van der Waals surface area contributed by atoms with E-state index in [0.717, 1.165) is 6.26 Å². The minimum atomic E-state index is -3.36. The van der Waals surface area contributed by atoms with E-state index in [1.54, 1.807) is 10.9 Å². The van der Waals surface area contributed by atoms with E-state index in [-0.39, 0.29) is 0 Å². The van der Waals surface area contributed by atoms with Crippen molar-refractivity contribution in [1.82, 2.24) is 24.4 Å². The van der Waals surface area contributed by atoms with Crippen LogP contribution in [-0.4, -0.2) is 40.7 Å². The van der Waals surface area contributed by atoms with E-state index in [0.29, 0.717) is 23.5 Å². The van der Waals surface area contributed by atoms with Crippen molar-refractivity contribution < 1.29 is 8.42 Å². The lowest BCUT2D eigenvalue weighted by atomic mass is 10.4. The molecular formula is C9H14N6O2S. The third kappa shape index (κ3) is 2.41. The molecule has 0 fully saturated rings. The third-order valence-corrected chi connectivity index (χ3v) is 2.88. The van der Waals surface area contributed by atoms with Crippen molar-refractivity contribution >= 4 is 27.0 Å². The first-order valence-electron chi connectivity index (χ1n) is 5.29. The molecule has 0 aliphatic rings. The Labute approximate surface area is 105 Å². The molecule has 0 saturated heterocycles. The van der Waals surface area contributed by atoms with E-state index in [2.05, 4.69) is 19.8 Å². The van der Waals surface area contributed by atoms with Crippen molar-refractivity contribution in [3.63, 3.8) is 0 Å². The normalized spacial score (nSPS) is 11.9. The molecule has 98 valence electrons. The molecule has 0 radical (unpaired) electrons. The summed E-state index contributed by atoms with van der Waals surface area (Å²) in [6.45, 7) is 2.24. The van der Waals surface area contributed by atoms with Gasteiger partial charge in [-0.15, -0.1) is 4.83 Å². The largest absolute Gasteiger partial charge is 0.318 e. The monoisotopic (exact) mass is 270 g/mol. The molecule has 2 heterocycles. The molecular weight excluding hydrogens is 256 g/mol. The molecule has 1 N–H and O–H groups in total. The van der Waals surface area contributed by atoms with Gasteiger partial charge in [0.15, 0.2) is 17.0 Å². The second-order valence-electron chi connectivity index (χ2n) is 3.83. The van der Waals surface area contributed by atoms with E-state index < -0.39 is 10.0 Å². The average Bonchev–Trinajstić information content (AvgIpc) is 2.67. The molecule has 0 amide bonds. The highest BCUT2D eigenvalue weighted by atomic mass is 32.2. The molecule has 2 aromatic rings. The van der Waals surface area contributed by atoms with Crippen molar-refractivity contribution in [3.8, 4) is 0 Å². The predicted molar refractivity (Wildman–Crippen MR) is 67.3 cm³/mol. The zero-order valence-corrected chi connectivity index (χ0v) is 11.1. The Kier molecular flexibility index (Phi) is 3.18. The summed E-state index contributed by atoms with van der Waals surface area (Å²) in [5.41, 5.74) is 1.20. The van der Waals surface area contributed by atoms with Gasteiger partial charge >= 0.3 is 0 Å². The topological polar surface area (TPSA) is 93.0 Å². The van der Waals surface area contributed by atoms with Crippen LogP contribution in [0.3, 0.4) is 0 Å². The van der Waals surface area contributed by atoms with Crippen molar-refractivity contribution in [2.75, 3.05) is 17.8 Å². The Morgan fingerprint density at radius 3 is 2.72 bits per heavy atom. The fraction of sp³-hybridized carbons (Fsp3) is 0.444. The van der Waals surface area contributed by atoms with Crippen molar-refractivity contribution in [1.29, 1.82) is 0 Å². The molecule has 18 heavy (non-hydrogen) atoms. The predicted octanol–water partition coefficient (Wildman–Crippen LogP) is -0.346. The zero-order valence-electron chi connectivity index (χ0n) is 10.3. The number of hydrogen-bond donors (Lipinski definition) is 1. The van der Waals surface area contributed by atoms with Gasteiger partial charge in [0.1, 0.15) is 6.33 Å². The summed E-state index contributed by atoms with van der Waals surface area (Å²) >= 11 is 0. The lowest BCUT2D eigenvalue weighted by molar-refractivity contribution is 0.582. The van der Waals surface area contributed by atoms with E-state index in [1.165, 1.54) is 11.3 Å². The Bertz CT molecular complexity index is 665. The quantitative estimate of drug-likeness (QED) is 0.764. The van der Waals surface area contributed by atoms with Crippen LogP contribution in [0, 0.1) is 0 Å². The Balaban J connectivity index is 2.51. The summed E-state index contributed by atoms with van der Waals surface area (Å²) < 4.78 is 24.3. The number of fused-ring (bicyclic) bond motifs is 1. The average molecular weight is 270 g/mol. The van der Waals surface area contributed by atoms with Crippen LogP contribution in [0.2, 0.25) is 0 Å². The molecule has 9 heteroatoms. The van der Waals surface area contributed by atoms with E-state index in [9.17, 15) is 8.42 Å². The number of anilines is 1. The molecule has 0 atom stereocenters. The van der Waals surface area contributed by atoms with E-state index in [4.69, 9.17) is 0 Å².